The summed E-state index contributed by atoms with van der Waals surface area (Å²) in [5.74, 6) is 0. The zero-order chi connectivity index (χ0) is 11.2. The van der Waals surface area contributed by atoms with Crippen LogP contribution in [0.2, 0.25) is 0 Å². The summed E-state index contributed by atoms with van der Waals surface area (Å²) in [6.45, 7) is 0.0787. The Balaban J connectivity index is 2.24. The van der Waals surface area contributed by atoms with Crippen LogP contribution in [0, 0.1) is 0 Å². The first kappa shape index (κ1) is 10.7. The molecule has 80 valence electrons. The molecule has 16 heavy (non-hydrogen) atoms. The van der Waals surface area contributed by atoms with E-state index >= 15 is 0 Å². The summed E-state index contributed by atoms with van der Waals surface area (Å²) in [4.78, 5) is 0. The molecule has 2 aromatic rings. The molecule has 0 saturated carbocycles. The van der Waals surface area contributed by atoms with Gasteiger partial charge in [0.2, 0.25) is 0 Å². The molecule has 0 saturated heterocycles. The fourth-order valence-electron chi connectivity index (χ4n) is 1.59. The van der Waals surface area contributed by atoms with E-state index in [-0.39, 0.29) is 6.61 Å². The third-order valence-electron chi connectivity index (χ3n) is 2.48. The molecule has 0 fully saturated rings. The summed E-state index contributed by atoms with van der Waals surface area (Å²) in [5, 5.41) is 9.18. The van der Waals surface area contributed by atoms with Crippen molar-refractivity contribution >= 4 is 12.2 Å². The van der Waals surface area contributed by atoms with Gasteiger partial charge in [-0.05, 0) is 16.7 Å². The highest BCUT2D eigenvalue weighted by molar-refractivity contribution is 5.70. The van der Waals surface area contributed by atoms with Crippen LogP contribution in [0.4, 0.5) is 0 Å². The van der Waals surface area contributed by atoms with Crippen molar-refractivity contribution in [2.45, 2.75) is 6.61 Å². The molecule has 1 nitrogen and oxygen atoms in total. The Morgan fingerprint density at radius 3 is 2.25 bits per heavy atom. The van der Waals surface area contributed by atoms with Gasteiger partial charge >= 0.3 is 0 Å². The van der Waals surface area contributed by atoms with Gasteiger partial charge in [0.05, 0.1) is 6.61 Å². The van der Waals surface area contributed by atoms with Crippen LogP contribution in [0.25, 0.3) is 12.2 Å². The second-order valence-corrected chi connectivity index (χ2v) is 3.60. The van der Waals surface area contributed by atoms with Gasteiger partial charge in [0.15, 0.2) is 0 Å². The minimum atomic E-state index is 0.0787. The highest BCUT2D eigenvalue weighted by Crippen LogP contribution is 2.13. The monoisotopic (exact) mass is 210 g/mol. The van der Waals surface area contributed by atoms with E-state index in [1.54, 1.807) is 0 Å². The van der Waals surface area contributed by atoms with Gasteiger partial charge in [-0.1, -0.05) is 66.7 Å². The first-order valence-corrected chi connectivity index (χ1v) is 5.32. The Morgan fingerprint density at radius 1 is 0.812 bits per heavy atom. The standard InChI is InChI=1S/C15H14O/c16-12-15-9-5-4-8-14(15)11-10-13-6-2-1-3-7-13/h1-11,16H,12H2. The topological polar surface area (TPSA) is 20.2 Å². The molecule has 0 aliphatic carbocycles. The number of hydrogen-bond donors (Lipinski definition) is 1. The van der Waals surface area contributed by atoms with Crippen molar-refractivity contribution in [3.8, 4) is 0 Å². The molecule has 0 aliphatic rings. The van der Waals surface area contributed by atoms with Crippen molar-refractivity contribution < 1.29 is 5.11 Å². The molecule has 0 heterocycles. The Kier molecular flexibility index (Phi) is 3.52. The first-order chi connectivity index (χ1) is 7.90. The summed E-state index contributed by atoms with van der Waals surface area (Å²) in [7, 11) is 0. The van der Waals surface area contributed by atoms with Crippen LogP contribution in [0.1, 0.15) is 16.7 Å². The highest BCUT2D eigenvalue weighted by Gasteiger charge is 1.95. The highest BCUT2D eigenvalue weighted by atomic mass is 16.3. The largest absolute Gasteiger partial charge is 0.392 e. The maximum absolute atomic E-state index is 9.18. The van der Waals surface area contributed by atoms with Gasteiger partial charge in [-0.15, -0.1) is 0 Å². The van der Waals surface area contributed by atoms with E-state index in [2.05, 4.69) is 18.2 Å². The van der Waals surface area contributed by atoms with Crippen molar-refractivity contribution in [1.82, 2.24) is 0 Å². The number of aliphatic hydroxyl groups is 1. The normalized spacial score (nSPS) is 10.8. The van der Waals surface area contributed by atoms with Crippen LogP contribution in [0.5, 0.6) is 0 Å². The van der Waals surface area contributed by atoms with Gasteiger partial charge in [-0.3, -0.25) is 0 Å². The lowest BCUT2D eigenvalue weighted by Crippen LogP contribution is -1.86. The molecule has 1 N–H and O–H groups in total. The molecular formula is C15H14O. The van der Waals surface area contributed by atoms with E-state index in [0.29, 0.717) is 0 Å². The maximum atomic E-state index is 9.18. The van der Waals surface area contributed by atoms with Gasteiger partial charge in [-0.25, -0.2) is 0 Å². The van der Waals surface area contributed by atoms with Crippen LogP contribution < -0.4 is 0 Å². The van der Waals surface area contributed by atoms with Gasteiger partial charge in [-0.2, -0.15) is 0 Å². The van der Waals surface area contributed by atoms with E-state index in [4.69, 9.17) is 0 Å². The summed E-state index contributed by atoms with van der Waals surface area (Å²) in [5.41, 5.74) is 3.18. The number of rotatable bonds is 3. The fraction of sp³-hybridized carbons (Fsp3) is 0.0667. The fourth-order valence-corrected chi connectivity index (χ4v) is 1.59. The second kappa shape index (κ2) is 5.29. The van der Waals surface area contributed by atoms with Gasteiger partial charge in [0.1, 0.15) is 0 Å². The van der Waals surface area contributed by atoms with Gasteiger partial charge < -0.3 is 5.11 Å². The molecule has 0 atom stereocenters. The zero-order valence-corrected chi connectivity index (χ0v) is 9.01. The Labute approximate surface area is 95.7 Å². The lowest BCUT2D eigenvalue weighted by molar-refractivity contribution is 0.281. The van der Waals surface area contributed by atoms with Gasteiger partial charge in [0, 0.05) is 0 Å². The van der Waals surface area contributed by atoms with Crippen LogP contribution >= 0.6 is 0 Å². The van der Waals surface area contributed by atoms with Crippen molar-refractivity contribution in [3.63, 3.8) is 0 Å². The van der Waals surface area contributed by atoms with E-state index in [1.165, 1.54) is 0 Å². The SMILES string of the molecule is OCc1ccccc1C=Cc1ccccc1. The van der Waals surface area contributed by atoms with Crippen molar-refractivity contribution in [2.75, 3.05) is 0 Å². The number of aliphatic hydroxyl groups excluding tert-OH is 1. The molecule has 0 radical (unpaired) electrons. The maximum Gasteiger partial charge on any atom is 0.0687 e. The van der Waals surface area contributed by atoms with Crippen LogP contribution in [-0.4, -0.2) is 5.11 Å². The lowest BCUT2D eigenvalue weighted by atomic mass is 10.1. The van der Waals surface area contributed by atoms with E-state index < -0.39 is 0 Å². The zero-order valence-electron chi connectivity index (χ0n) is 9.01. The average Bonchev–Trinajstić information content (AvgIpc) is 2.38. The van der Waals surface area contributed by atoms with E-state index in [0.717, 1.165) is 16.7 Å². The van der Waals surface area contributed by atoms with Gasteiger partial charge in [0.25, 0.3) is 0 Å². The number of benzene rings is 2. The predicted molar refractivity (Wildman–Crippen MR) is 67.7 cm³/mol. The van der Waals surface area contributed by atoms with Crippen molar-refractivity contribution in [3.05, 3.63) is 71.3 Å². The molecule has 0 bridgehead atoms. The third-order valence-corrected chi connectivity index (χ3v) is 2.48. The predicted octanol–water partition coefficient (Wildman–Crippen LogP) is 3.35. The van der Waals surface area contributed by atoms with Crippen molar-refractivity contribution in [2.24, 2.45) is 0 Å². The Morgan fingerprint density at radius 2 is 1.50 bits per heavy atom. The minimum absolute atomic E-state index is 0.0787. The first-order valence-electron chi connectivity index (χ1n) is 5.32. The second-order valence-electron chi connectivity index (χ2n) is 3.60. The summed E-state index contributed by atoms with van der Waals surface area (Å²) >= 11 is 0. The third kappa shape index (κ3) is 2.59. The molecule has 0 amide bonds. The number of hydrogen-bond acceptors (Lipinski definition) is 1. The molecule has 0 unspecified atom stereocenters. The quantitative estimate of drug-likeness (QED) is 0.770. The molecule has 2 aromatic carbocycles. The summed E-state index contributed by atoms with van der Waals surface area (Å²) in [6.07, 6.45) is 4.08. The Bertz CT molecular complexity index is 472. The van der Waals surface area contributed by atoms with Crippen LogP contribution in [0.15, 0.2) is 54.6 Å². The molecule has 2 rings (SSSR count). The molecule has 0 spiro atoms. The summed E-state index contributed by atoms with van der Waals surface area (Å²) < 4.78 is 0. The summed E-state index contributed by atoms with van der Waals surface area (Å²) in [6, 6.07) is 18.0. The lowest BCUT2D eigenvalue weighted by Gasteiger charge is -2.01. The van der Waals surface area contributed by atoms with Crippen molar-refractivity contribution in [1.29, 1.82) is 0 Å². The smallest absolute Gasteiger partial charge is 0.0687 e. The molecule has 0 aliphatic heterocycles. The van der Waals surface area contributed by atoms with Crippen LogP contribution in [-0.2, 0) is 6.61 Å². The molecule has 0 aromatic heterocycles. The molecule has 1 heteroatoms. The van der Waals surface area contributed by atoms with E-state index in [9.17, 15) is 5.11 Å². The van der Waals surface area contributed by atoms with Crippen LogP contribution in [0.3, 0.4) is 0 Å². The average molecular weight is 210 g/mol. The minimum Gasteiger partial charge on any atom is -0.392 e. The van der Waals surface area contributed by atoms with E-state index in [1.807, 2.05) is 48.5 Å². The molecular weight excluding hydrogens is 196 g/mol. The Hall–Kier alpha value is -1.86.